The van der Waals surface area contributed by atoms with Crippen LogP contribution in [0.1, 0.15) is 28.0 Å². The van der Waals surface area contributed by atoms with E-state index in [4.69, 9.17) is 0 Å². The fourth-order valence-corrected chi connectivity index (χ4v) is 1.65. The first-order valence-electron chi connectivity index (χ1n) is 4.32. The third kappa shape index (κ3) is 2.95. The van der Waals surface area contributed by atoms with Crippen molar-refractivity contribution in [2.75, 3.05) is 7.11 Å². The summed E-state index contributed by atoms with van der Waals surface area (Å²) < 4.78 is 66.8. The van der Waals surface area contributed by atoms with Crippen LogP contribution in [0.2, 0.25) is 0 Å². The van der Waals surface area contributed by atoms with Crippen LogP contribution in [-0.2, 0) is 10.9 Å². The fraction of sp³-hybridized carbons (Fsp3) is 0.333. The molecule has 18 heavy (non-hydrogen) atoms. The highest BCUT2D eigenvalue weighted by Gasteiger charge is 2.40. The molecule has 0 bridgehead atoms. The maximum atomic E-state index is 12.6. The molecule has 0 radical (unpaired) electrons. The summed E-state index contributed by atoms with van der Waals surface area (Å²) in [7, 11) is 0.791. The van der Waals surface area contributed by atoms with E-state index in [1.54, 1.807) is 0 Å². The summed E-state index contributed by atoms with van der Waals surface area (Å²) in [5.41, 5.74) is -4.07. The molecule has 0 saturated heterocycles. The zero-order valence-corrected chi connectivity index (χ0v) is 10.3. The minimum Gasteiger partial charge on any atom is -0.465 e. The molecule has 0 amide bonds. The van der Waals surface area contributed by atoms with Crippen LogP contribution in [0.15, 0.2) is 10.7 Å². The van der Waals surface area contributed by atoms with Gasteiger partial charge >= 0.3 is 12.1 Å². The Kier molecular flexibility index (Phi) is 4.25. The number of ether oxygens (including phenoxy) is 1. The molecule has 1 rings (SSSR count). The number of carbonyl (C=O) groups excluding carboxylic acids is 1. The molecule has 3 nitrogen and oxygen atoms in total. The second-order valence-electron chi connectivity index (χ2n) is 3.05. The molecule has 1 aromatic heterocycles. The van der Waals surface area contributed by atoms with Crippen molar-refractivity contribution in [3.63, 3.8) is 0 Å². The Morgan fingerprint density at radius 2 is 2.00 bits per heavy atom. The average Bonchev–Trinajstić information content (AvgIpc) is 2.25. The van der Waals surface area contributed by atoms with Crippen LogP contribution < -0.4 is 0 Å². The van der Waals surface area contributed by atoms with Gasteiger partial charge in [0.1, 0.15) is 4.60 Å². The summed E-state index contributed by atoms with van der Waals surface area (Å²) in [5, 5.41) is 0. The van der Waals surface area contributed by atoms with Crippen molar-refractivity contribution in [3.05, 3.63) is 27.5 Å². The molecule has 0 N–H and O–H groups in total. The third-order valence-electron chi connectivity index (χ3n) is 1.91. The topological polar surface area (TPSA) is 39.2 Å². The predicted octanol–water partition coefficient (Wildman–Crippen LogP) is 3.59. The molecule has 0 saturated carbocycles. The lowest BCUT2D eigenvalue weighted by atomic mass is 10.1. The summed E-state index contributed by atoms with van der Waals surface area (Å²) >= 11 is 2.58. The Balaban J connectivity index is 3.64. The van der Waals surface area contributed by atoms with E-state index < -0.39 is 40.0 Å². The Morgan fingerprint density at radius 3 is 2.39 bits per heavy atom. The van der Waals surface area contributed by atoms with Gasteiger partial charge in [0, 0.05) is 5.56 Å². The van der Waals surface area contributed by atoms with Crippen molar-refractivity contribution < 1.29 is 31.5 Å². The highest BCUT2D eigenvalue weighted by atomic mass is 79.9. The van der Waals surface area contributed by atoms with Crippen LogP contribution in [-0.4, -0.2) is 18.1 Å². The van der Waals surface area contributed by atoms with Gasteiger partial charge in [-0.3, -0.25) is 0 Å². The SMILES string of the molecule is COC(=O)c1c(C(F)F)cc(Br)nc1C(F)(F)F. The van der Waals surface area contributed by atoms with Crippen molar-refractivity contribution in [1.82, 2.24) is 4.98 Å². The van der Waals surface area contributed by atoms with Gasteiger partial charge in [-0.1, -0.05) is 0 Å². The van der Waals surface area contributed by atoms with Crippen LogP contribution in [0.5, 0.6) is 0 Å². The lowest BCUT2D eigenvalue weighted by Gasteiger charge is -2.14. The first kappa shape index (κ1) is 14.8. The third-order valence-corrected chi connectivity index (χ3v) is 2.32. The Labute approximate surface area is 106 Å². The van der Waals surface area contributed by atoms with E-state index in [0.717, 1.165) is 7.11 Å². The van der Waals surface area contributed by atoms with Gasteiger partial charge in [0.15, 0.2) is 5.69 Å². The second-order valence-corrected chi connectivity index (χ2v) is 3.86. The van der Waals surface area contributed by atoms with E-state index in [1.807, 2.05) is 0 Å². The van der Waals surface area contributed by atoms with E-state index in [-0.39, 0.29) is 0 Å². The first-order chi connectivity index (χ1) is 8.18. The number of aromatic nitrogens is 1. The number of halogens is 6. The minimum atomic E-state index is -5.04. The number of alkyl halides is 5. The van der Waals surface area contributed by atoms with E-state index in [0.29, 0.717) is 6.07 Å². The van der Waals surface area contributed by atoms with Gasteiger partial charge in [-0.05, 0) is 22.0 Å². The van der Waals surface area contributed by atoms with Crippen LogP contribution in [0.25, 0.3) is 0 Å². The van der Waals surface area contributed by atoms with E-state index >= 15 is 0 Å². The van der Waals surface area contributed by atoms with E-state index in [2.05, 4.69) is 25.7 Å². The molecule has 1 heterocycles. The van der Waals surface area contributed by atoms with Gasteiger partial charge in [0.05, 0.1) is 12.7 Å². The lowest BCUT2D eigenvalue weighted by molar-refractivity contribution is -0.142. The molecule has 100 valence electrons. The zero-order chi connectivity index (χ0) is 14.1. The average molecular weight is 334 g/mol. The molecular weight excluding hydrogens is 329 g/mol. The van der Waals surface area contributed by atoms with Crippen molar-refractivity contribution in [1.29, 1.82) is 0 Å². The summed E-state index contributed by atoms with van der Waals surface area (Å²) in [4.78, 5) is 14.2. The number of hydrogen-bond acceptors (Lipinski definition) is 3. The van der Waals surface area contributed by atoms with Crippen molar-refractivity contribution >= 4 is 21.9 Å². The minimum absolute atomic E-state index is 0.447. The Hall–Kier alpha value is -1.25. The standard InChI is InChI=1S/C9H5BrF5NO2/c1-18-8(17)5-3(7(11)12)2-4(10)16-6(5)9(13,14)15/h2,7H,1H3. The number of methoxy groups -OCH3 is 1. The normalized spacial score (nSPS) is 11.8. The monoisotopic (exact) mass is 333 g/mol. The molecule has 0 aliphatic heterocycles. The number of rotatable bonds is 2. The smallest absolute Gasteiger partial charge is 0.434 e. The first-order valence-corrected chi connectivity index (χ1v) is 5.12. The lowest BCUT2D eigenvalue weighted by Crippen LogP contribution is -2.19. The van der Waals surface area contributed by atoms with Crippen LogP contribution in [0.4, 0.5) is 22.0 Å². The van der Waals surface area contributed by atoms with Gasteiger partial charge in [-0.2, -0.15) is 13.2 Å². The van der Waals surface area contributed by atoms with Crippen molar-refractivity contribution in [2.45, 2.75) is 12.6 Å². The summed E-state index contributed by atoms with van der Waals surface area (Å²) in [6, 6.07) is 0.645. The fourth-order valence-electron chi connectivity index (χ4n) is 1.23. The largest absolute Gasteiger partial charge is 0.465 e. The zero-order valence-electron chi connectivity index (χ0n) is 8.69. The second kappa shape index (κ2) is 5.17. The van der Waals surface area contributed by atoms with Crippen LogP contribution >= 0.6 is 15.9 Å². The number of hydrogen-bond donors (Lipinski definition) is 0. The number of esters is 1. The van der Waals surface area contributed by atoms with Gasteiger partial charge in [-0.25, -0.2) is 18.6 Å². The Morgan fingerprint density at radius 1 is 1.44 bits per heavy atom. The molecule has 0 aliphatic carbocycles. The van der Waals surface area contributed by atoms with Crippen molar-refractivity contribution in [2.24, 2.45) is 0 Å². The van der Waals surface area contributed by atoms with Gasteiger partial charge in [-0.15, -0.1) is 0 Å². The molecule has 0 unspecified atom stereocenters. The molecule has 1 aromatic rings. The highest BCUT2D eigenvalue weighted by Crippen LogP contribution is 2.36. The van der Waals surface area contributed by atoms with Gasteiger partial charge in [0.2, 0.25) is 0 Å². The van der Waals surface area contributed by atoms with Crippen LogP contribution in [0, 0.1) is 0 Å². The van der Waals surface area contributed by atoms with E-state index in [9.17, 15) is 26.7 Å². The molecule has 0 fully saturated rings. The van der Waals surface area contributed by atoms with E-state index in [1.165, 1.54) is 0 Å². The Bertz CT molecular complexity index is 475. The number of carbonyl (C=O) groups is 1. The molecule has 0 atom stereocenters. The summed E-state index contributed by atoms with van der Waals surface area (Å²) in [5.74, 6) is -1.52. The summed E-state index contributed by atoms with van der Waals surface area (Å²) in [6.45, 7) is 0. The molecular formula is C9H5BrF5NO2. The molecule has 9 heteroatoms. The maximum Gasteiger partial charge on any atom is 0.434 e. The van der Waals surface area contributed by atoms with Crippen LogP contribution in [0.3, 0.4) is 0 Å². The molecule has 0 aliphatic rings. The maximum absolute atomic E-state index is 12.6. The van der Waals surface area contributed by atoms with Crippen molar-refractivity contribution in [3.8, 4) is 0 Å². The predicted molar refractivity (Wildman–Crippen MR) is 53.2 cm³/mol. The van der Waals surface area contributed by atoms with Gasteiger partial charge in [0.25, 0.3) is 6.43 Å². The molecule has 0 aromatic carbocycles. The number of nitrogens with zero attached hydrogens (tertiary/aromatic N) is 1. The summed E-state index contributed by atoms with van der Waals surface area (Å²) in [6.07, 6.45) is -8.31. The quantitative estimate of drug-likeness (QED) is 0.471. The van der Waals surface area contributed by atoms with Gasteiger partial charge < -0.3 is 4.74 Å². The highest BCUT2D eigenvalue weighted by molar-refractivity contribution is 9.10. The molecule has 0 spiro atoms. The number of pyridine rings is 1.